The van der Waals surface area contributed by atoms with E-state index in [1.807, 2.05) is 56.9 Å². The van der Waals surface area contributed by atoms with Crippen molar-refractivity contribution >= 4 is 40.5 Å². The van der Waals surface area contributed by atoms with Crippen molar-refractivity contribution in [1.82, 2.24) is 4.90 Å². The molecule has 0 aliphatic carbocycles. The Balaban J connectivity index is 1.75. The van der Waals surface area contributed by atoms with Crippen LogP contribution in [0.4, 0.5) is 11.4 Å². The Bertz CT molecular complexity index is 926. The van der Waals surface area contributed by atoms with Gasteiger partial charge in [0.15, 0.2) is 5.11 Å². The van der Waals surface area contributed by atoms with Crippen molar-refractivity contribution in [3.05, 3.63) is 54.1 Å². The number of anilines is 2. The van der Waals surface area contributed by atoms with Crippen LogP contribution in [-0.4, -0.2) is 40.5 Å². The molecule has 0 spiro atoms. The van der Waals surface area contributed by atoms with E-state index in [1.165, 1.54) is 4.90 Å². The normalized spacial score (nSPS) is 16.4. The zero-order valence-electron chi connectivity index (χ0n) is 17.7. The van der Waals surface area contributed by atoms with Crippen molar-refractivity contribution in [3.8, 4) is 5.75 Å². The second kappa shape index (κ2) is 9.26. The molecule has 0 saturated carbocycles. The van der Waals surface area contributed by atoms with E-state index in [0.29, 0.717) is 17.4 Å². The molecule has 1 N–H and O–H groups in total. The van der Waals surface area contributed by atoms with Gasteiger partial charge >= 0.3 is 0 Å². The number of ether oxygens (including phenoxy) is 1. The molecule has 0 aromatic heterocycles. The molecule has 3 rings (SSSR count). The van der Waals surface area contributed by atoms with Crippen molar-refractivity contribution in [2.24, 2.45) is 0 Å². The Hall–Kier alpha value is -2.93. The summed E-state index contributed by atoms with van der Waals surface area (Å²) in [5.74, 6) is 0.322. The Kier molecular flexibility index (Phi) is 6.72. The van der Waals surface area contributed by atoms with Crippen LogP contribution < -0.4 is 15.0 Å². The molecule has 2 amide bonds. The van der Waals surface area contributed by atoms with Crippen LogP contribution in [0.15, 0.2) is 48.5 Å². The van der Waals surface area contributed by atoms with E-state index in [0.717, 1.165) is 17.0 Å². The third kappa shape index (κ3) is 4.62. The molecule has 0 bridgehead atoms. The van der Waals surface area contributed by atoms with E-state index in [4.69, 9.17) is 17.0 Å². The van der Waals surface area contributed by atoms with Gasteiger partial charge in [0.2, 0.25) is 5.91 Å². The molecule has 158 valence electrons. The first-order valence-electron chi connectivity index (χ1n) is 10.1. The highest BCUT2D eigenvalue weighted by Crippen LogP contribution is 2.29. The van der Waals surface area contributed by atoms with Gasteiger partial charge in [0.05, 0.1) is 18.7 Å². The topological polar surface area (TPSA) is 61.9 Å². The van der Waals surface area contributed by atoms with E-state index in [1.54, 1.807) is 24.3 Å². The molecular formula is C23H27N3O3S. The number of carbonyl (C=O) groups is 2. The Morgan fingerprint density at radius 3 is 2.33 bits per heavy atom. The summed E-state index contributed by atoms with van der Waals surface area (Å²) in [5, 5.41) is 3.29. The summed E-state index contributed by atoms with van der Waals surface area (Å²) >= 11 is 5.61. The summed E-state index contributed by atoms with van der Waals surface area (Å²) < 4.78 is 5.42. The lowest BCUT2D eigenvalue weighted by Gasteiger charge is -2.27. The summed E-state index contributed by atoms with van der Waals surface area (Å²) in [6, 6.07) is 14.1. The second-order valence-corrected chi connectivity index (χ2v) is 7.88. The molecule has 1 aliphatic heterocycles. The van der Waals surface area contributed by atoms with Gasteiger partial charge in [-0.15, -0.1) is 0 Å². The van der Waals surface area contributed by atoms with Gasteiger partial charge < -0.3 is 15.0 Å². The van der Waals surface area contributed by atoms with Crippen LogP contribution in [0.5, 0.6) is 5.75 Å². The summed E-state index contributed by atoms with van der Waals surface area (Å²) in [7, 11) is 0. The molecule has 0 unspecified atom stereocenters. The average molecular weight is 426 g/mol. The second-order valence-electron chi connectivity index (χ2n) is 7.52. The van der Waals surface area contributed by atoms with Gasteiger partial charge in [-0.3, -0.25) is 14.5 Å². The van der Waals surface area contributed by atoms with E-state index in [2.05, 4.69) is 5.32 Å². The molecule has 2 aromatic carbocycles. The molecular weight excluding hydrogens is 398 g/mol. The highest BCUT2D eigenvalue weighted by Gasteiger charge is 2.45. The van der Waals surface area contributed by atoms with Crippen LogP contribution in [0.3, 0.4) is 0 Å². The van der Waals surface area contributed by atoms with E-state index in [-0.39, 0.29) is 24.3 Å². The summed E-state index contributed by atoms with van der Waals surface area (Å²) in [6.07, 6.45) is 0.0206. The predicted molar refractivity (Wildman–Crippen MR) is 123 cm³/mol. The van der Waals surface area contributed by atoms with Crippen LogP contribution >= 0.6 is 12.2 Å². The van der Waals surface area contributed by atoms with Gasteiger partial charge in [-0.05, 0) is 76.3 Å². The van der Waals surface area contributed by atoms with Crippen LogP contribution in [0.2, 0.25) is 0 Å². The molecule has 30 heavy (non-hydrogen) atoms. The quantitative estimate of drug-likeness (QED) is 0.676. The SMILES string of the molecule is CCOc1ccc(NC(=O)C[C@H]2C(=O)N(c3ccc(C)cc3)C(=S)N2C(C)C)cc1. The van der Waals surface area contributed by atoms with Gasteiger partial charge in [0.25, 0.3) is 5.91 Å². The fraction of sp³-hybridized carbons (Fsp3) is 0.348. The van der Waals surface area contributed by atoms with Crippen LogP contribution in [-0.2, 0) is 9.59 Å². The van der Waals surface area contributed by atoms with Gasteiger partial charge in [-0.1, -0.05) is 17.7 Å². The average Bonchev–Trinajstić information content (AvgIpc) is 2.94. The number of aryl methyl sites for hydroxylation is 1. The lowest BCUT2D eigenvalue weighted by molar-refractivity contribution is -0.124. The van der Waals surface area contributed by atoms with Crippen molar-refractivity contribution in [2.45, 2.75) is 46.2 Å². The van der Waals surface area contributed by atoms with Gasteiger partial charge in [0.1, 0.15) is 11.8 Å². The maximum atomic E-state index is 13.2. The minimum atomic E-state index is -0.637. The van der Waals surface area contributed by atoms with Crippen molar-refractivity contribution in [3.63, 3.8) is 0 Å². The van der Waals surface area contributed by atoms with Crippen molar-refractivity contribution in [2.75, 3.05) is 16.8 Å². The highest BCUT2D eigenvalue weighted by atomic mass is 32.1. The standard InChI is InChI=1S/C23H27N3O3S/c1-5-29-19-12-8-17(9-13-19)24-21(27)14-20-22(28)26(23(30)25(20)15(2)3)18-10-6-16(4)7-11-18/h6-13,15,20H,5,14H2,1-4H3,(H,24,27)/t20-/m0/s1. The first-order chi connectivity index (χ1) is 14.3. The maximum absolute atomic E-state index is 13.2. The number of benzene rings is 2. The number of hydrogen-bond acceptors (Lipinski definition) is 4. The zero-order chi connectivity index (χ0) is 21.8. The summed E-state index contributed by atoms with van der Waals surface area (Å²) in [4.78, 5) is 29.3. The molecule has 1 aliphatic rings. The van der Waals surface area contributed by atoms with Gasteiger partial charge in [0, 0.05) is 11.7 Å². The van der Waals surface area contributed by atoms with Crippen LogP contribution in [0.25, 0.3) is 0 Å². The Labute approximate surface area is 182 Å². The smallest absolute Gasteiger partial charge is 0.256 e. The minimum Gasteiger partial charge on any atom is -0.494 e. The number of amides is 2. The molecule has 1 atom stereocenters. The number of rotatable bonds is 7. The van der Waals surface area contributed by atoms with Crippen molar-refractivity contribution < 1.29 is 14.3 Å². The lowest BCUT2D eigenvalue weighted by atomic mass is 10.1. The highest BCUT2D eigenvalue weighted by molar-refractivity contribution is 7.80. The van der Waals surface area contributed by atoms with E-state index < -0.39 is 6.04 Å². The number of nitrogens with one attached hydrogen (secondary N) is 1. The van der Waals surface area contributed by atoms with E-state index >= 15 is 0 Å². The maximum Gasteiger partial charge on any atom is 0.256 e. The minimum absolute atomic E-state index is 0.0137. The van der Waals surface area contributed by atoms with Gasteiger partial charge in [-0.2, -0.15) is 0 Å². The number of hydrogen-bond donors (Lipinski definition) is 1. The molecule has 0 radical (unpaired) electrons. The largest absolute Gasteiger partial charge is 0.494 e. The lowest BCUT2D eigenvalue weighted by Crippen LogP contribution is -2.42. The fourth-order valence-electron chi connectivity index (χ4n) is 3.50. The van der Waals surface area contributed by atoms with Crippen molar-refractivity contribution in [1.29, 1.82) is 0 Å². The third-order valence-electron chi connectivity index (χ3n) is 4.93. The molecule has 7 heteroatoms. The van der Waals surface area contributed by atoms with Gasteiger partial charge in [-0.25, -0.2) is 0 Å². The molecule has 1 fully saturated rings. The monoisotopic (exact) mass is 425 g/mol. The number of thiocarbonyl (C=S) groups is 1. The summed E-state index contributed by atoms with van der Waals surface area (Å²) in [5.41, 5.74) is 2.47. The first-order valence-corrected chi connectivity index (χ1v) is 10.5. The molecule has 6 nitrogen and oxygen atoms in total. The summed E-state index contributed by atoms with van der Waals surface area (Å²) in [6.45, 7) is 8.42. The number of carbonyl (C=O) groups excluding carboxylic acids is 2. The van der Waals surface area contributed by atoms with Crippen LogP contribution in [0.1, 0.15) is 32.8 Å². The molecule has 2 aromatic rings. The zero-order valence-corrected chi connectivity index (χ0v) is 18.5. The Morgan fingerprint density at radius 1 is 1.13 bits per heavy atom. The predicted octanol–water partition coefficient (Wildman–Crippen LogP) is 4.13. The molecule has 1 saturated heterocycles. The van der Waals surface area contributed by atoms with Crippen LogP contribution in [0, 0.1) is 6.92 Å². The van der Waals surface area contributed by atoms with E-state index in [9.17, 15) is 9.59 Å². The first kappa shape index (κ1) is 21.8. The fourth-order valence-corrected chi connectivity index (χ4v) is 4.03. The number of nitrogens with zero attached hydrogens (tertiary/aromatic N) is 2. The molecule has 1 heterocycles. The third-order valence-corrected chi connectivity index (χ3v) is 5.32. The Morgan fingerprint density at radius 2 is 1.77 bits per heavy atom.